The molecule has 0 aliphatic carbocycles. The zero-order valence-corrected chi connectivity index (χ0v) is 8.55. The van der Waals surface area contributed by atoms with E-state index < -0.39 is 11.7 Å². The summed E-state index contributed by atoms with van der Waals surface area (Å²) < 4.78 is 37.1. The molecular weight excluding hydrogens is 217 g/mol. The second-order valence-corrected chi connectivity index (χ2v) is 3.50. The number of hydrogen-bond acceptors (Lipinski definition) is 1. The Labute approximate surface area is 91.6 Å². The zero-order chi connectivity index (χ0) is 12.2. The normalized spacial score (nSPS) is 11.2. The maximum absolute atomic E-state index is 12.4. The van der Waals surface area contributed by atoms with E-state index in [1.54, 1.807) is 6.07 Å². The Balaban J connectivity index is 2.83. The second kappa shape index (κ2) is 4.96. The Hall–Kier alpha value is -1.58. The summed E-state index contributed by atoms with van der Waals surface area (Å²) in [5, 5.41) is 0. The summed E-state index contributed by atoms with van der Waals surface area (Å²) in [6.07, 6.45) is -3.17. The molecule has 1 rings (SSSR count). The van der Waals surface area contributed by atoms with Crippen LogP contribution in [0.25, 0.3) is 0 Å². The van der Waals surface area contributed by atoms with Crippen LogP contribution in [0.3, 0.4) is 0 Å². The number of halogens is 3. The molecule has 0 aromatic heterocycles. The lowest BCUT2D eigenvalue weighted by atomic mass is 10.0. The Morgan fingerprint density at radius 1 is 1.38 bits per heavy atom. The van der Waals surface area contributed by atoms with Gasteiger partial charge in [0.2, 0.25) is 0 Å². The largest absolute Gasteiger partial charge is 0.416 e. The van der Waals surface area contributed by atoms with Crippen LogP contribution in [0.15, 0.2) is 36.4 Å². The highest BCUT2D eigenvalue weighted by Gasteiger charge is 2.30. The van der Waals surface area contributed by atoms with Crippen LogP contribution in [-0.4, -0.2) is 6.29 Å². The maximum atomic E-state index is 12.4. The Morgan fingerprint density at radius 2 is 2.06 bits per heavy atom. The number of rotatable bonds is 4. The fraction of sp³-hybridized carbons (Fsp3) is 0.250. The van der Waals surface area contributed by atoms with Crippen molar-refractivity contribution >= 4 is 6.29 Å². The lowest BCUT2D eigenvalue weighted by Crippen LogP contribution is -2.05. The van der Waals surface area contributed by atoms with Crippen LogP contribution in [0.2, 0.25) is 0 Å². The SMILES string of the molecule is C=C(CC=O)Cc1cccc(C(F)(F)F)c1. The van der Waals surface area contributed by atoms with Gasteiger partial charge in [-0.2, -0.15) is 13.2 Å². The van der Waals surface area contributed by atoms with Crippen LogP contribution in [-0.2, 0) is 17.4 Å². The van der Waals surface area contributed by atoms with Gasteiger partial charge in [0, 0.05) is 6.42 Å². The zero-order valence-electron chi connectivity index (χ0n) is 8.55. The molecule has 0 radical (unpaired) electrons. The van der Waals surface area contributed by atoms with Crippen molar-refractivity contribution in [2.24, 2.45) is 0 Å². The summed E-state index contributed by atoms with van der Waals surface area (Å²) in [6, 6.07) is 5.04. The van der Waals surface area contributed by atoms with Crippen molar-refractivity contribution in [1.29, 1.82) is 0 Å². The van der Waals surface area contributed by atoms with Crippen LogP contribution in [0, 0.1) is 0 Å². The van der Waals surface area contributed by atoms with E-state index in [0.717, 1.165) is 12.1 Å². The molecule has 0 spiro atoms. The summed E-state index contributed by atoms with van der Waals surface area (Å²) in [6.45, 7) is 3.62. The van der Waals surface area contributed by atoms with Crippen LogP contribution in [0.1, 0.15) is 17.5 Å². The van der Waals surface area contributed by atoms with Gasteiger partial charge < -0.3 is 4.79 Å². The maximum Gasteiger partial charge on any atom is 0.416 e. The molecule has 1 aromatic rings. The highest BCUT2D eigenvalue weighted by Crippen LogP contribution is 2.29. The first kappa shape index (κ1) is 12.5. The first-order valence-electron chi connectivity index (χ1n) is 4.70. The molecule has 16 heavy (non-hydrogen) atoms. The van der Waals surface area contributed by atoms with Crippen molar-refractivity contribution in [3.8, 4) is 0 Å². The summed E-state index contributed by atoms with van der Waals surface area (Å²) in [5.41, 5.74) is 0.444. The third kappa shape index (κ3) is 3.53. The number of allylic oxidation sites excluding steroid dienone is 1. The van der Waals surface area contributed by atoms with Gasteiger partial charge in [-0.05, 0) is 18.1 Å². The van der Waals surface area contributed by atoms with Crippen LogP contribution < -0.4 is 0 Å². The van der Waals surface area contributed by atoms with Gasteiger partial charge in [0.05, 0.1) is 5.56 Å². The highest BCUT2D eigenvalue weighted by atomic mass is 19.4. The van der Waals surface area contributed by atoms with Crippen molar-refractivity contribution in [1.82, 2.24) is 0 Å². The van der Waals surface area contributed by atoms with E-state index in [-0.39, 0.29) is 6.42 Å². The fourth-order valence-corrected chi connectivity index (χ4v) is 1.34. The molecule has 0 saturated heterocycles. The Bertz CT molecular complexity index is 393. The van der Waals surface area contributed by atoms with Crippen molar-refractivity contribution in [2.45, 2.75) is 19.0 Å². The molecule has 0 fully saturated rings. The molecule has 0 saturated carbocycles. The van der Waals surface area contributed by atoms with E-state index in [2.05, 4.69) is 6.58 Å². The third-order valence-corrected chi connectivity index (χ3v) is 2.08. The van der Waals surface area contributed by atoms with Gasteiger partial charge in [0.25, 0.3) is 0 Å². The first-order valence-corrected chi connectivity index (χ1v) is 4.70. The number of carbonyl (C=O) groups excluding carboxylic acids is 1. The van der Waals surface area contributed by atoms with Crippen molar-refractivity contribution < 1.29 is 18.0 Å². The fourth-order valence-electron chi connectivity index (χ4n) is 1.34. The van der Waals surface area contributed by atoms with Crippen LogP contribution in [0.5, 0.6) is 0 Å². The van der Waals surface area contributed by atoms with Gasteiger partial charge >= 0.3 is 6.18 Å². The van der Waals surface area contributed by atoms with E-state index in [0.29, 0.717) is 23.8 Å². The topological polar surface area (TPSA) is 17.1 Å². The summed E-state index contributed by atoms with van der Waals surface area (Å²) in [5.74, 6) is 0. The Morgan fingerprint density at radius 3 is 2.62 bits per heavy atom. The minimum absolute atomic E-state index is 0.177. The lowest BCUT2D eigenvalue weighted by Gasteiger charge is -2.08. The molecular formula is C12H11F3O. The molecule has 0 heterocycles. The van der Waals surface area contributed by atoms with E-state index in [1.165, 1.54) is 6.07 Å². The first-order chi connectivity index (χ1) is 7.43. The Kier molecular flexibility index (Phi) is 3.88. The van der Waals surface area contributed by atoms with E-state index in [1.807, 2.05) is 0 Å². The summed E-state index contributed by atoms with van der Waals surface area (Å²) in [4.78, 5) is 10.2. The lowest BCUT2D eigenvalue weighted by molar-refractivity contribution is -0.137. The predicted molar refractivity (Wildman–Crippen MR) is 55.0 cm³/mol. The number of hydrogen-bond donors (Lipinski definition) is 0. The molecule has 0 amide bonds. The van der Waals surface area contributed by atoms with E-state index >= 15 is 0 Å². The average Bonchev–Trinajstić information content (AvgIpc) is 2.17. The average molecular weight is 228 g/mol. The molecule has 0 atom stereocenters. The number of aldehydes is 1. The second-order valence-electron chi connectivity index (χ2n) is 3.50. The van der Waals surface area contributed by atoms with Gasteiger partial charge in [-0.1, -0.05) is 30.4 Å². The molecule has 0 aliphatic heterocycles. The van der Waals surface area contributed by atoms with Gasteiger partial charge in [-0.3, -0.25) is 0 Å². The number of carbonyl (C=O) groups is 1. The minimum atomic E-state index is -4.33. The van der Waals surface area contributed by atoms with Gasteiger partial charge in [0.1, 0.15) is 6.29 Å². The summed E-state index contributed by atoms with van der Waals surface area (Å²) in [7, 11) is 0. The number of benzene rings is 1. The molecule has 0 unspecified atom stereocenters. The van der Waals surface area contributed by atoms with Gasteiger partial charge in [-0.25, -0.2) is 0 Å². The standard InChI is InChI=1S/C12H11F3O/c1-9(5-6-16)7-10-3-2-4-11(8-10)12(13,14)15/h2-4,6,8H,1,5,7H2. The van der Waals surface area contributed by atoms with Crippen molar-refractivity contribution in [3.05, 3.63) is 47.5 Å². The molecule has 0 N–H and O–H groups in total. The van der Waals surface area contributed by atoms with E-state index in [9.17, 15) is 18.0 Å². The quantitative estimate of drug-likeness (QED) is 0.570. The molecule has 86 valence electrons. The molecule has 0 aliphatic rings. The summed E-state index contributed by atoms with van der Waals surface area (Å²) >= 11 is 0. The monoisotopic (exact) mass is 228 g/mol. The van der Waals surface area contributed by atoms with Crippen LogP contribution in [0.4, 0.5) is 13.2 Å². The van der Waals surface area contributed by atoms with E-state index in [4.69, 9.17) is 0 Å². The number of alkyl halides is 3. The van der Waals surface area contributed by atoms with Crippen LogP contribution >= 0.6 is 0 Å². The predicted octanol–water partition coefficient (Wildman–Crippen LogP) is 3.39. The molecule has 1 aromatic carbocycles. The highest BCUT2D eigenvalue weighted by molar-refractivity contribution is 5.54. The smallest absolute Gasteiger partial charge is 0.303 e. The minimum Gasteiger partial charge on any atom is -0.303 e. The van der Waals surface area contributed by atoms with Crippen molar-refractivity contribution in [2.75, 3.05) is 0 Å². The van der Waals surface area contributed by atoms with Gasteiger partial charge in [0.15, 0.2) is 0 Å². The third-order valence-electron chi connectivity index (χ3n) is 2.08. The molecule has 0 bridgehead atoms. The van der Waals surface area contributed by atoms with Crippen molar-refractivity contribution in [3.63, 3.8) is 0 Å². The molecule has 4 heteroatoms. The molecule has 1 nitrogen and oxygen atoms in total. The van der Waals surface area contributed by atoms with Gasteiger partial charge in [-0.15, -0.1) is 0 Å².